The minimum atomic E-state index is -0.0437. The van der Waals surface area contributed by atoms with Gasteiger partial charge in [0.15, 0.2) is 11.5 Å². The van der Waals surface area contributed by atoms with E-state index in [1.54, 1.807) is 10.9 Å². The Morgan fingerprint density at radius 2 is 1.69 bits per heavy atom. The molecule has 0 N–H and O–H groups in total. The molecule has 2 aliphatic heterocycles. The average molecular weight is 454 g/mol. The van der Waals surface area contributed by atoms with Crippen molar-refractivity contribution in [2.45, 2.75) is 12.8 Å². The highest BCUT2D eigenvalue weighted by atomic mass is 35.5. The molecule has 0 aliphatic carbocycles. The summed E-state index contributed by atoms with van der Waals surface area (Å²) < 4.78 is 7.33. The van der Waals surface area contributed by atoms with Crippen LogP contribution in [0.5, 0.6) is 0 Å². The molecular formula is C24H28ClN5O2. The van der Waals surface area contributed by atoms with E-state index in [0.29, 0.717) is 16.5 Å². The van der Waals surface area contributed by atoms with Crippen LogP contribution < -0.4 is 0 Å². The topological polar surface area (TPSA) is 57.8 Å². The Balaban J connectivity index is 1.29. The lowest BCUT2D eigenvalue weighted by atomic mass is 10.2. The predicted octanol–water partition coefficient (Wildman–Crippen LogP) is 3.64. The normalized spacial score (nSPS) is 17.8. The van der Waals surface area contributed by atoms with E-state index in [0.717, 1.165) is 50.6 Å². The Morgan fingerprint density at radius 1 is 0.938 bits per heavy atom. The Kier molecular flexibility index (Phi) is 6.30. The van der Waals surface area contributed by atoms with Gasteiger partial charge >= 0.3 is 0 Å². The maximum absolute atomic E-state index is 13.3. The van der Waals surface area contributed by atoms with Gasteiger partial charge in [-0.25, -0.2) is 4.68 Å². The first kappa shape index (κ1) is 21.2. The van der Waals surface area contributed by atoms with Crippen molar-refractivity contribution in [3.8, 4) is 17.1 Å². The van der Waals surface area contributed by atoms with Crippen molar-refractivity contribution in [2.24, 2.45) is 0 Å². The van der Waals surface area contributed by atoms with Crippen molar-refractivity contribution < 1.29 is 9.21 Å². The van der Waals surface area contributed by atoms with Crippen LogP contribution in [-0.2, 0) is 0 Å². The van der Waals surface area contributed by atoms with Crippen molar-refractivity contribution in [2.75, 3.05) is 52.4 Å². The molecule has 3 aromatic rings. The zero-order valence-electron chi connectivity index (χ0n) is 18.1. The summed E-state index contributed by atoms with van der Waals surface area (Å²) >= 11 is 6.20. The van der Waals surface area contributed by atoms with E-state index in [1.807, 2.05) is 47.4 Å². The number of carbonyl (C=O) groups excluding carboxylic acids is 1. The zero-order chi connectivity index (χ0) is 21.9. The summed E-state index contributed by atoms with van der Waals surface area (Å²) in [5.41, 5.74) is 1.93. The zero-order valence-corrected chi connectivity index (χ0v) is 18.9. The number of hydrogen-bond donors (Lipinski definition) is 0. The lowest BCUT2D eigenvalue weighted by molar-refractivity contribution is 0.0620. The van der Waals surface area contributed by atoms with Gasteiger partial charge in [0, 0.05) is 50.4 Å². The summed E-state index contributed by atoms with van der Waals surface area (Å²) in [5, 5.41) is 5.26. The van der Waals surface area contributed by atoms with Crippen LogP contribution in [0.1, 0.15) is 23.3 Å². The number of likely N-dealkylation sites (tertiary alicyclic amines) is 1. The average Bonchev–Trinajstić information content (AvgIpc) is 3.59. The molecule has 0 spiro atoms. The van der Waals surface area contributed by atoms with Crippen molar-refractivity contribution in [1.82, 2.24) is 24.5 Å². The van der Waals surface area contributed by atoms with Gasteiger partial charge in [-0.2, -0.15) is 5.10 Å². The first-order chi connectivity index (χ1) is 15.7. The molecule has 5 rings (SSSR count). The molecule has 7 nitrogen and oxygen atoms in total. The van der Waals surface area contributed by atoms with E-state index in [-0.39, 0.29) is 5.91 Å². The summed E-state index contributed by atoms with van der Waals surface area (Å²) in [6, 6.07) is 12.9. The Morgan fingerprint density at radius 3 is 2.38 bits per heavy atom. The fraction of sp³-hybridized carbons (Fsp3) is 0.417. The first-order valence-corrected chi connectivity index (χ1v) is 11.7. The van der Waals surface area contributed by atoms with Crippen LogP contribution in [0.4, 0.5) is 0 Å². The molecule has 4 heterocycles. The van der Waals surface area contributed by atoms with E-state index < -0.39 is 0 Å². The van der Waals surface area contributed by atoms with E-state index >= 15 is 0 Å². The van der Waals surface area contributed by atoms with E-state index in [2.05, 4.69) is 14.9 Å². The number of piperazine rings is 1. The third-order valence-electron chi connectivity index (χ3n) is 6.35. The van der Waals surface area contributed by atoms with Crippen molar-refractivity contribution in [3.05, 3.63) is 59.4 Å². The van der Waals surface area contributed by atoms with Crippen LogP contribution in [0.3, 0.4) is 0 Å². The van der Waals surface area contributed by atoms with Gasteiger partial charge < -0.3 is 14.2 Å². The minimum absolute atomic E-state index is 0.0437. The second-order valence-corrected chi connectivity index (χ2v) is 8.90. The van der Waals surface area contributed by atoms with Crippen LogP contribution in [0.25, 0.3) is 17.1 Å². The quantitative estimate of drug-likeness (QED) is 0.570. The standard InChI is InChI=1S/C24H28ClN5O2/c25-19-5-3-6-20(17-19)30-22(23-7-4-16-32-23)18-21(26-30)24(31)29-14-12-28(13-15-29)11-10-27-8-1-2-9-27/h3-7,16-18H,1-2,8-15H2. The van der Waals surface area contributed by atoms with Crippen molar-refractivity contribution in [1.29, 1.82) is 0 Å². The predicted molar refractivity (Wildman–Crippen MR) is 124 cm³/mol. The van der Waals surface area contributed by atoms with Crippen molar-refractivity contribution in [3.63, 3.8) is 0 Å². The summed E-state index contributed by atoms with van der Waals surface area (Å²) in [6.07, 6.45) is 4.27. The molecule has 8 heteroatoms. The number of furan rings is 1. The molecule has 2 fully saturated rings. The molecule has 0 radical (unpaired) electrons. The van der Waals surface area contributed by atoms with Gasteiger partial charge in [0.25, 0.3) is 5.91 Å². The lowest BCUT2D eigenvalue weighted by Gasteiger charge is -2.35. The lowest BCUT2D eigenvalue weighted by Crippen LogP contribution is -2.50. The van der Waals surface area contributed by atoms with Crippen LogP contribution in [0.15, 0.2) is 53.1 Å². The molecule has 168 valence electrons. The second-order valence-electron chi connectivity index (χ2n) is 8.47. The number of carbonyl (C=O) groups is 1. The fourth-order valence-electron chi connectivity index (χ4n) is 4.52. The highest BCUT2D eigenvalue weighted by Gasteiger charge is 2.26. The molecule has 1 amide bonds. The number of halogens is 1. The molecule has 0 saturated carbocycles. The van der Waals surface area contributed by atoms with E-state index in [9.17, 15) is 4.79 Å². The van der Waals surface area contributed by atoms with Gasteiger partial charge in [-0.15, -0.1) is 0 Å². The third kappa shape index (κ3) is 4.60. The summed E-state index contributed by atoms with van der Waals surface area (Å²) in [4.78, 5) is 20.2. The van der Waals surface area contributed by atoms with Gasteiger partial charge in [-0.3, -0.25) is 9.69 Å². The largest absolute Gasteiger partial charge is 0.463 e. The Bertz CT molecular complexity index is 1050. The fourth-order valence-corrected chi connectivity index (χ4v) is 4.70. The Labute approximate surface area is 193 Å². The van der Waals surface area contributed by atoms with Gasteiger partial charge in [-0.1, -0.05) is 17.7 Å². The number of rotatable bonds is 6. The van der Waals surface area contributed by atoms with Crippen molar-refractivity contribution >= 4 is 17.5 Å². The molecule has 0 unspecified atom stereocenters. The highest BCUT2D eigenvalue weighted by molar-refractivity contribution is 6.30. The number of benzene rings is 1. The number of nitrogens with zero attached hydrogens (tertiary/aromatic N) is 5. The molecule has 0 bridgehead atoms. The highest BCUT2D eigenvalue weighted by Crippen LogP contribution is 2.26. The van der Waals surface area contributed by atoms with Crippen LogP contribution in [0.2, 0.25) is 5.02 Å². The van der Waals surface area contributed by atoms with Crippen LogP contribution in [0, 0.1) is 0 Å². The summed E-state index contributed by atoms with van der Waals surface area (Å²) in [5.74, 6) is 0.612. The van der Waals surface area contributed by atoms with Gasteiger partial charge in [-0.05, 0) is 56.3 Å². The minimum Gasteiger partial charge on any atom is -0.463 e. The Hall–Kier alpha value is -2.61. The molecular weight excluding hydrogens is 426 g/mol. The summed E-state index contributed by atoms with van der Waals surface area (Å²) in [7, 11) is 0. The van der Waals surface area contributed by atoms with Crippen LogP contribution >= 0.6 is 11.6 Å². The molecule has 2 aromatic heterocycles. The third-order valence-corrected chi connectivity index (χ3v) is 6.58. The van der Waals surface area contributed by atoms with E-state index in [4.69, 9.17) is 16.0 Å². The number of hydrogen-bond acceptors (Lipinski definition) is 5. The second kappa shape index (κ2) is 9.48. The van der Waals surface area contributed by atoms with Gasteiger partial charge in [0.05, 0.1) is 12.0 Å². The van der Waals surface area contributed by atoms with Gasteiger partial charge in [0.2, 0.25) is 0 Å². The SMILES string of the molecule is O=C(c1cc(-c2ccco2)n(-c2cccc(Cl)c2)n1)N1CCN(CCN2CCCC2)CC1. The van der Waals surface area contributed by atoms with Gasteiger partial charge in [0.1, 0.15) is 5.69 Å². The number of amides is 1. The summed E-state index contributed by atoms with van der Waals surface area (Å²) in [6.45, 7) is 7.91. The molecule has 1 aromatic carbocycles. The maximum Gasteiger partial charge on any atom is 0.274 e. The molecule has 32 heavy (non-hydrogen) atoms. The van der Waals surface area contributed by atoms with Crippen LogP contribution in [-0.4, -0.2) is 82.7 Å². The molecule has 2 aliphatic rings. The number of aromatic nitrogens is 2. The van der Waals surface area contributed by atoms with E-state index in [1.165, 1.54) is 25.9 Å². The first-order valence-electron chi connectivity index (χ1n) is 11.3. The molecule has 0 atom stereocenters. The maximum atomic E-state index is 13.3. The monoisotopic (exact) mass is 453 g/mol. The molecule has 2 saturated heterocycles. The smallest absolute Gasteiger partial charge is 0.274 e.